The highest BCUT2D eigenvalue weighted by molar-refractivity contribution is 8.13. The maximum atomic E-state index is 12.6. The second-order valence-corrected chi connectivity index (χ2v) is 7.02. The van der Waals surface area contributed by atoms with Crippen LogP contribution in [0, 0.1) is 0 Å². The molecule has 3 rings (SSSR count). The van der Waals surface area contributed by atoms with Gasteiger partial charge < -0.3 is 5.32 Å². The van der Waals surface area contributed by atoms with E-state index in [-0.39, 0.29) is 6.03 Å². The van der Waals surface area contributed by atoms with Crippen LogP contribution in [-0.4, -0.2) is 28.4 Å². The molecule has 0 aromatic heterocycles. The number of rotatable bonds is 2. The predicted molar refractivity (Wildman–Crippen MR) is 103 cm³/mol. The molecular weight excluding hydrogens is 365 g/mol. The van der Waals surface area contributed by atoms with E-state index in [0.29, 0.717) is 27.4 Å². The Labute approximate surface area is 154 Å². The number of halogens is 2. The molecule has 2 amide bonds. The van der Waals surface area contributed by atoms with Crippen molar-refractivity contribution >= 4 is 57.5 Å². The van der Waals surface area contributed by atoms with Crippen molar-refractivity contribution < 1.29 is 4.79 Å². The molecule has 0 bridgehead atoms. The molecule has 0 spiro atoms. The maximum Gasteiger partial charge on any atom is 0.327 e. The number of urea groups is 1. The molecule has 0 aliphatic carbocycles. The van der Waals surface area contributed by atoms with Gasteiger partial charge in [0.05, 0.1) is 15.7 Å². The molecule has 0 saturated carbocycles. The van der Waals surface area contributed by atoms with Crippen molar-refractivity contribution in [1.29, 1.82) is 0 Å². The molecule has 2 aromatic rings. The minimum atomic E-state index is -0.227. The minimum Gasteiger partial charge on any atom is -0.307 e. The first-order valence-electron chi connectivity index (χ1n) is 7.43. The SMILES string of the molecule is O=C(Nc1ccc(Cl)c(Cl)c1)N1CCCSC1=Nc1ccccc1. The quantitative estimate of drug-likeness (QED) is 0.732. The zero-order valence-corrected chi connectivity index (χ0v) is 15.0. The topological polar surface area (TPSA) is 44.7 Å². The first-order chi connectivity index (χ1) is 11.6. The van der Waals surface area contributed by atoms with Gasteiger partial charge in [-0.3, -0.25) is 4.90 Å². The van der Waals surface area contributed by atoms with Gasteiger partial charge >= 0.3 is 6.03 Å². The Kier molecular flexibility index (Phi) is 5.66. The summed E-state index contributed by atoms with van der Waals surface area (Å²) < 4.78 is 0. The second-order valence-electron chi connectivity index (χ2n) is 5.14. The number of amidine groups is 1. The average Bonchev–Trinajstić information content (AvgIpc) is 2.59. The van der Waals surface area contributed by atoms with E-state index in [1.165, 1.54) is 0 Å². The Hall–Kier alpha value is -1.69. The minimum absolute atomic E-state index is 0.227. The van der Waals surface area contributed by atoms with Gasteiger partial charge in [-0.2, -0.15) is 0 Å². The Bertz CT molecular complexity index is 768. The Morgan fingerprint density at radius 3 is 2.67 bits per heavy atom. The van der Waals surface area contributed by atoms with E-state index in [1.807, 2.05) is 30.3 Å². The molecule has 0 atom stereocenters. The molecule has 124 valence electrons. The summed E-state index contributed by atoms with van der Waals surface area (Å²) in [6.45, 7) is 0.631. The van der Waals surface area contributed by atoms with Crippen molar-refractivity contribution in [3.8, 4) is 0 Å². The van der Waals surface area contributed by atoms with Crippen LogP contribution in [0.4, 0.5) is 16.2 Å². The van der Waals surface area contributed by atoms with Gasteiger partial charge in [0.2, 0.25) is 0 Å². The molecule has 4 nitrogen and oxygen atoms in total. The lowest BCUT2D eigenvalue weighted by atomic mass is 10.3. The molecule has 7 heteroatoms. The van der Waals surface area contributed by atoms with Crippen molar-refractivity contribution in [2.45, 2.75) is 6.42 Å². The first kappa shape index (κ1) is 17.1. The largest absolute Gasteiger partial charge is 0.327 e. The summed E-state index contributed by atoms with van der Waals surface area (Å²) in [6, 6.07) is 14.4. The smallest absolute Gasteiger partial charge is 0.307 e. The van der Waals surface area contributed by atoms with Gasteiger partial charge in [0, 0.05) is 18.0 Å². The van der Waals surface area contributed by atoms with Crippen LogP contribution in [0.1, 0.15) is 6.42 Å². The van der Waals surface area contributed by atoms with Crippen LogP contribution in [0.3, 0.4) is 0 Å². The number of aliphatic imine (C=N–C) groups is 1. The van der Waals surface area contributed by atoms with Crippen LogP contribution in [0.25, 0.3) is 0 Å². The third kappa shape index (κ3) is 4.23. The van der Waals surface area contributed by atoms with E-state index in [0.717, 1.165) is 17.9 Å². The molecule has 1 saturated heterocycles. The van der Waals surface area contributed by atoms with Gasteiger partial charge in [0.1, 0.15) is 0 Å². The first-order valence-corrected chi connectivity index (χ1v) is 9.18. The van der Waals surface area contributed by atoms with Crippen LogP contribution in [0.5, 0.6) is 0 Å². The highest BCUT2D eigenvalue weighted by Crippen LogP contribution is 2.26. The molecule has 1 heterocycles. The average molecular weight is 380 g/mol. The predicted octanol–water partition coefficient (Wildman–Crippen LogP) is 5.65. The summed E-state index contributed by atoms with van der Waals surface area (Å²) >= 11 is 13.5. The number of carbonyl (C=O) groups excluding carboxylic acids is 1. The molecule has 1 N–H and O–H groups in total. The second kappa shape index (κ2) is 7.92. The molecule has 0 radical (unpaired) electrons. The normalized spacial score (nSPS) is 16.2. The van der Waals surface area contributed by atoms with Gasteiger partial charge in [-0.05, 0) is 36.8 Å². The van der Waals surface area contributed by atoms with E-state index < -0.39 is 0 Å². The molecular formula is C17H15Cl2N3OS. The zero-order valence-electron chi connectivity index (χ0n) is 12.7. The number of amides is 2. The van der Waals surface area contributed by atoms with Crippen LogP contribution in [0.15, 0.2) is 53.5 Å². The molecule has 1 aliphatic heterocycles. The monoisotopic (exact) mass is 379 g/mol. The summed E-state index contributed by atoms with van der Waals surface area (Å²) in [5.74, 6) is 0.947. The van der Waals surface area contributed by atoms with Gasteiger partial charge in [-0.15, -0.1) is 0 Å². The fourth-order valence-electron chi connectivity index (χ4n) is 2.22. The van der Waals surface area contributed by atoms with E-state index in [9.17, 15) is 4.79 Å². The number of thioether (sulfide) groups is 1. The van der Waals surface area contributed by atoms with Crippen LogP contribution in [-0.2, 0) is 0 Å². The van der Waals surface area contributed by atoms with E-state index in [1.54, 1.807) is 34.9 Å². The Balaban J connectivity index is 1.78. The zero-order chi connectivity index (χ0) is 16.9. The van der Waals surface area contributed by atoms with Crippen molar-refractivity contribution in [2.24, 2.45) is 4.99 Å². The molecule has 1 fully saturated rings. The number of anilines is 1. The lowest BCUT2D eigenvalue weighted by Crippen LogP contribution is -2.41. The van der Waals surface area contributed by atoms with Crippen molar-refractivity contribution in [3.05, 3.63) is 58.6 Å². The molecule has 2 aromatic carbocycles. The maximum absolute atomic E-state index is 12.6. The number of hydrogen-bond acceptors (Lipinski definition) is 3. The van der Waals surface area contributed by atoms with E-state index >= 15 is 0 Å². The van der Waals surface area contributed by atoms with Crippen LogP contribution in [0.2, 0.25) is 10.0 Å². The third-order valence-electron chi connectivity index (χ3n) is 3.39. The highest BCUT2D eigenvalue weighted by Gasteiger charge is 2.24. The number of nitrogens with one attached hydrogen (secondary N) is 1. The third-order valence-corrected chi connectivity index (χ3v) is 5.19. The highest BCUT2D eigenvalue weighted by atomic mass is 35.5. The number of para-hydroxylation sites is 1. The fraction of sp³-hybridized carbons (Fsp3) is 0.176. The van der Waals surface area contributed by atoms with Gasteiger partial charge in [0.25, 0.3) is 0 Å². The fourth-order valence-corrected chi connectivity index (χ4v) is 3.47. The van der Waals surface area contributed by atoms with Crippen LogP contribution < -0.4 is 5.32 Å². The van der Waals surface area contributed by atoms with Crippen molar-refractivity contribution in [1.82, 2.24) is 4.90 Å². The summed E-state index contributed by atoms with van der Waals surface area (Å²) in [5, 5.41) is 4.40. The molecule has 1 aliphatic rings. The number of nitrogens with zero attached hydrogens (tertiary/aromatic N) is 2. The Morgan fingerprint density at radius 1 is 1.12 bits per heavy atom. The summed E-state index contributed by atoms with van der Waals surface area (Å²) in [7, 11) is 0. The van der Waals surface area contributed by atoms with Crippen LogP contribution >= 0.6 is 35.0 Å². The van der Waals surface area contributed by atoms with E-state index in [2.05, 4.69) is 10.3 Å². The van der Waals surface area contributed by atoms with Gasteiger partial charge in [0.15, 0.2) is 5.17 Å². The number of benzene rings is 2. The lowest BCUT2D eigenvalue weighted by Gasteiger charge is -2.27. The number of carbonyl (C=O) groups is 1. The summed E-state index contributed by atoms with van der Waals surface area (Å²) in [5.41, 5.74) is 1.43. The molecule has 0 unspecified atom stereocenters. The van der Waals surface area contributed by atoms with Gasteiger partial charge in [-0.1, -0.05) is 53.2 Å². The van der Waals surface area contributed by atoms with E-state index in [4.69, 9.17) is 23.2 Å². The van der Waals surface area contributed by atoms with Crippen molar-refractivity contribution in [2.75, 3.05) is 17.6 Å². The standard InChI is InChI=1S/C17H15Cl2N3OS/c18-14-8-7-13(11-15(14)19)20-16(23)22-9-4-10-24-17(22)21-12-5-2-1-3-6-12/h1-3,5-8,11H,4,9-10H2,(H,20,23). The molecule has 24 heavy (non-hydrogen) atoms. The summed E-state index contributed by atoms with van der Waals surface area (Å²) in [4.78, 5) is 18.9. The van der Waals surface area contributed by atoms with Gasteiger partial charge in [-0.25, -0.2) is 9.79 Å². The van der Waals surface area contributed by atoms with Crippen molar-refractivity contribution in [3.63, 3.8) is 0 Å². The number of hydrogen-bond donors (Lipinski definition) is 1. The Morgan fingerprint density at radius 2 is 1.92 bits per heavy atom. The summed E-state index contributed by atoms with van der Waals surface area (Å²) in [6.07, 6.45) is 0.924. The lowest BCUT2D eigenvalue weighted by molar-refractivity contribution is 0.234.